The maximum atomic E-state index is 14.4. The van der Waals surface area contributed by atoms with Gasteiger partial charge in [-0.2, -0.15) is 9.97 Å². The van der Waals surface area contributed by atoms with E-state index in [4.69, 9.17) is 15.5 Å². The van der Waals surface area contributed by atoms with Crippen LogP contribution < -0.4 is 20.7 Å². The van der Waals surface area contributed by atoms with Crippen molar-refractivity contribution in [3.8, 4) is 11.8 Å². The second-order valence-electron chi connectivity index (χ2n) is 9.15. The van der Waals surface area contributed by atoms with Gasteiger partial charge in [0.2, 0.25) is 0 Å². The minimum Gasteiger partial charge on any atom is -0.421 e. The van der Waals surface area contributed by atoms with Crippen molar-refractivity contribution in [1.29, 1.82) is 0 Å². The number of nitrogens with zero attached hydrogens (tertiary/aromatic N) is 5. The SMILES string of the molecule is CNc1cc(F)cc2c1[nH]c1nc(Oc3cnc(C(C)C)nc3)nc(N3CC4C(N)C4C3)c12. The molecule has 2 fully saturated rings. The normalized spacial score (nSPS) is 21.8. The molecule has 1 aliphatic carbocycles. The molecule has 2 atom stereocenters. The number of nitrogens with one attached hydrogen (secondary N) is 2. The maximum absolute atomic E-state index is 14.4. The van der Waals surface area contributed by atoms with Crippen LogP contribution in [0.3, 0.4) is 0 Å². The fraction of sp³-hybridized carbons (Fsp3) is 0.391. The van der Waals surface area contributed by atoms with Gasteiger partial charge in [0, 0.05) is 37.5 Å². The predicted molar refractivity (Wildman–Crippen MR) is 124 cm³/mol. The van der Waals surface area contributed by atoms with E-state index in [0.29, 0.717) is 34.7 Å². The van der Waals surface area contributed by atoms with Crippen LogP contribution in [0.4, 0.5) is 15.9 Å². The van der Waals surface area contributed by atoms with Crippen molar-refractivity contribution in [1.82, 2.24) is 24.9 Å². The molecule has 1 saturated carbocycles. The van der Waals surface area contributed by atoms with Crippen LogP contribution in [0.15, 0.2) is 24.5 Å². The maximum Gasteiger partial charge on any atom is 0.326 e. The van der Waals surface area contributed by atoms with Gasteiger partial charge in [-0.05, 0) is 24.0 Å². The lowest BCUT2D eigenvalue weighted by Crippen LogP contribution is -2.29. The highest BCUT2D eigenvalue weighted by atomic mass is 19.1. The summed E-state index contributed by atoms with van der Waals surface area (Å²) in [5.41, 5.74) is 8.16. The molecule has 2 aliphatic rings. The van der Waals surface area contributed by atoms with E-state index in [2.05, 4.69) is 30.2 Å². The first-order valence-electron chi connectivity index (χ1n) is 11.1. The Morgan fingerprint density at radius 3 is 2.58 bits per heavy atom. The van der Waals surface area contributed by atoms with Gasteiger partial charge in [0.1, 0.15) is 23.1 Å². The third kappa shape index (κ3) is 3.24. The lowest BCUT2D eigenvalue weighted by Gasteiger charge is -2.21. The number of H-pyrrole nitrogens is 1. The second-order valence-corrected chi connectivity index (χ2v) is 9.15. The zero-order valence-corrected chi connectivity index (χ0v) is 18.6. The Bertz CT molecular complexity index is 1360. The molecule has 0 bridgehead atoms. The minimum absolute atomic E-state index is 0.182. The van der Waals surface area contributed by atoms with Gasteiger partial charge < -0.3 is 25.7 Å². The Morgan fingerprint density at radius 2 is 1.91 bits per heavy atom. The third-order valence-electron chi connectivity index (χ3n) is 6.69. The van der Waals surface area contributed by atoms with Crippen LogP contribution in [0.25, 0.3) is 21.9 Å². The third-order valence-corrected chi connectivity index (χ3v) is 6.69. The molecule has 9 nitrogen and oxygen atoms in total. The Morgan fingerprint density at radius 1 is 1.18 bits per heavy atom. The van der Waals surface area contributed by atoms with Crippen molar-refractivity contribution in [2.45, 2.75) is 25.8 Å². The summed E-state index contributed by atoms with van der Waals surface area (Å²) in [6.07, 6.45) is 3.25. The van der Waals surface area contributed by atoms with E-state index in [0.717, 1.165) is 35.2 Å². The quantitative estimate of drug-likeness (QED) is 0.425. The number of aromatic nitrogens is 5. The van der Waals surface area contributed by atoms with Crippen molar-refractivity contribution in [3.05, 3.63) is 36.2 Å². The van der Waals surface area contributed by atoms with E-state index >= 15 is 0 Å². The molecular weight excluding hydrogens is 423 g/mol. The highest BCUT2D eigenvalue weighted by Gasteiger charge is 2.54. The number of fused-ring (bicyclic) bond motifs is 4. The summed E-state index contributed by atoms with van der Waals surface area (Å²) >= 11 is 0. The fourth-order valence-electron chi connectivity index (χ4n) is 4.82. The van der Waals surface area contributed by atoms with E-state index in [9.17, 15) is 4.39 Å². The van der Waals surface area contributed by atoms with E-state index < -0.39 is 0 Å². The van der Waals surface area contributed by atoms with Gasteiger partial charge in [0.25, 0.3) is 0 Å². The van der Waals surface area contributed by atoms with Crippen LogP contribution in [-0.2, 0) is 0 Å². The Kier molecular flexibility index (Phi) is 4.41. The Hall–Kier alpha value is -3.53. The number of nitrogens with two attached hydrogens (primary N) is 1. The van der Waals surface area contributed by atoms with Gasteiger partial charge in [-0.15, -0.1) is 0 Å². The summed E-state index contributed by atoms with van der Waals surface area (Å²) in [5.74, 6) is 2.73. The zero-order valence-electron chi connectivity index (χ0n) is 18.6. The van der Waals surface area contributed by atoms with Gasteiger partial charge in [-0.25, -0.2) is 14.4 Å². The fourth-order valence-corrected chi connectivity index (χ4v) is 4.82. The molecule has 33 heavy (non-hydrogen) atoms. The van der Waals surface area contributed by atoms with Crippen LogP contribution in [-0.4, -0.2) is 51.1 Å². The molecule has 6 rings (SSSR count). The van der Waals surface area contributed by atoms with Crippen LogP contribution in [0.2, 0.25) is 0 Å². The number of halogens is 1. The number of anilines is 2. The number of hydrogen-bond acceptors (Lipinski definition) is 8. The first-order chi connectivity index (χ1) is 15.9. The molecule has 2 unspecified atom stereocenters. The highest BCUT2D eigenvalue weighted by Crippen LogP contribution is 2.47. The average molecular weight is 449 g/mol. The molecule has 0 radical (unpaired) electrons. The lowest BCUT2D eigenvalue weighted by molar-refractivity contribution is 0.438. The van der Waals surface area contributed by atoms with Gasteiger partial charge in [0.05, 0.1) is 29.0 Å². The van der Waals surface area contributed by atoms with Gasteiger partial charge in [-0.3, -0.25) is 0 Å². The van der Waals surface area contributed by atoms with E-state index in [1.165, 1.54) is 12.1 Å². The van der Waals surface area contributed by atoms with Crippen LogP contribution in [0.1, 0.15) is 25.6 Å². The van der Waals surface area contributed by atoms with Gasteiger partial charge in [0.15, 0.2) is 5.75 Å². The summed E-state index contributed by atoms with van der Waals surface area (Å²) in [4.78, 5) is 23.6. The van der Waals surface area contributed by atoms with E-state index in [-0.39, 0.29) is 23.8 Å². The van der Waals surface area contributed by atoms with E-state index in [1.54, 1.807) is 19.4 Å². The van der Waals surface area contributed by atoms with Gasteiger partial charge in [-0.1, -0.05) is 13.8 Å². The predicted octanol–water partition coefficient (Wildman–Crippen LogP) is 3.39. The monoisotopic (exact) mass is 448 g/mol. The number of rotatable bonds is 5. The summed E-state index contributed by atoms with van der Waals surface area (Å²) in [6.45, 7) is 5.68. The molecule has 1 aromatic carbocycles. The number of piperidine rings is 1. The second kappa shape index (κ2) is 7.24. The number of ether oxygens (including phenoxy) is 1. The first kappa shape index (κ1) is 20.1. The largest absolute Gasteiger partial charge is 0.421 e. The first-order valence-corrected chi connectivity index (χ1v) is 11.1. The average Bonchev–Trinajstić information content (AvgIpc) is 3.14. The summed E-state index contributed by atoms with van der Waals surface area (Å²) in [6, 6.07) is 3.41. The van der Waals surface area contributed by atoms with Crippen LogP contribution >= 0.6 is 0 Å². The molecule has 0 spiro atoms. The van der Waals surface area contributed by atoms with Gasteiger partial charge >= 0.3 is 6.01 Å². The smallest absolute Gasteiger partial charge is 0.326 e. The van der Waals surface area contributed by atoms with E-state index in [1.807, 2.05) is 13.8 Å². The molecule has 4 heterocycles. The lowest BCUT2D eigenvalue weighted by atomic mass is 10.1. The van der Waals surface area contributed by atoms with Crippen molar-refractivity contribution >= 4 is 33.4 Å². The Balaban J connectivity index is 1.48. The van der Waals surface area contributed by atoms with Crippen molar-refractivity contribution < 1.29 is 9.13 Å². The molecule has 1 aliphatic heterocycles. The minimum atomic E-state index is -0.326. The van der Waals surface area contributed by atoms with Crippen molar-refractivity contribution in [2.24, 2.45) is 17.6 Å². The van der Waals surface area contributed by atoms with Crippen LogP contribution in [0, 0.1) is 17.7 Å². The zero-order chi connectivity index (χ0) is 22.9. The molecule has 3 aromatic heterocycles. The van der Waals surface area contributed by atoms with Crippen LogP contribution in [0.5, 0.6) is 11.8 Å². The summed E-state index contributed by atoms with van der Waals surface area (Å²) < 4.78 is 20.4. The highest BCUT2D eigenvalue weighted by molar-refractivity contribution is 6.14. The Labute approximate surface area is 189 Å². The van der Waals surface area contributed by atoms with Crippen molar-refractivity contribution in [3.63, 3.8) is 0 Å². The molecule has 4 N–H and O–H groups in total. The molecular formula is C23H25FN8O. The molecule has 1 saturated heterocycles. The molecule has 4 aromatic rings. The number of hydrogen-bond donors (Lipinski definition) is 3. The topological polar surface area (TPSA) is 118 Å². The van der Waals surface area contributed by atoms with Crippen molar-refractivity contribution in [2.75, 3.05) is 30.4 Å². The number of benzene rings is 1. The molecule has 0 amide bonds. The standard InChI is InChI=1S/C23H25FN8O/c1-10(2)20-27-6-12(7-28-20)33-23-30-21-17(13-4-11(24)5-16(26-3)19(13)29-21)22(31-23)32-8-14-15(9-32)18(14)25/h4-7,10,14-15,18,26H,8-9,25H2,1-3H3,(H,29,30,31). The molecule has 10 heteroatoms. The summed E-state index contributed by atoms with van der Waals surface area (Å²) in [5, 5.41) is 4.55. The molecule has 170 valence electrons. The summed E-state index contributed by atoms with van der Waals surface area (Å²) in [7, 11) is 1.76. The number of aromatic amines is 1.